The lowest BCUT2D eigenvalue weighted by Crippen LogP contribution is -2.38. The molecule has 1 aliphatic rings. The van der Waals surface area contributed by atoms with Gasteiger partial charge in [-0.3, -0.25) is 9.48 Å². The van der Waals surface area contributed by atoms with Crippen LogP contribution in [0.15, 0.2) is 30.3 Å². The number of nitrogens with zero attached hydrogens (tertiary/aromatic N) is 4. The Kier molecular flexibility index (Phi) is 4.66. The van der Waals surface area contributed by atoms with Crippen LogP contribution in [0.2, 0.25) is 0 Å². The molecule has 124 valence electrons. The second kappa shape index (κ2) is 6.88. The minimum Gasteiger partial charge on any atom is -0.334 e. The van der Waals surface area contributed by atoms with Crippen molar-refractivity contribution in [2.45, 2.75) is 45.7 Å². The van der Waals surface area contributed by atoms with Crippen LogP contribution in [-0.4, -0.2) is 33.2 Å². The largest absolute Gasteiger partial charge is 0.334 e. The van der Waals surface area contributed by atoms with Gasteiger partial charge in [0.2, 0.25) is 0 Å². The number of benzene rings is 1. The maximum absolute atomic E-state index is 12.9. The fourth-order valence-corrected chi connectivity index (χ4v) is 3.42. The molecule has 0 saturated carbocycles. The number of nitriles is 1. The molecular weight excluding hydrogens is 300 g/mol. The highest BCUT2D eigenvalue weighted by molar-refractivity contribution is 5.94. The summed E-state index contributed by atoms with van der Waals surface area (Å²) in [5.41, 5.74) is 3.69. The van der Waals surface area contributed by atoms with Crippen molar-refractivity contribution >= 4 is 5.91 Å². The van der Waals surface area contributed by atoms with E-state index in [-0.39, 0.29) is 11.9 Å². The molecular formula is C19H22N4O. The highest BCUT2D eigenvalue weighted by Gasteiger charge is 2.30. The lowest BCUT2D eigenvalue weighted by atomic mass is 10.1. The summed E-state index contributed by atoms with van der Waals surface area (Å²) in [6.45, 7) is 5.56. The van der Waals surface area contributed by atoms with Crippen LogP contribution in [0, 0.1) is 25.2 Å². The van der Waals surface area contributed by atoms with Crippen molar-refractivity contribution in [2.75, 3.05) is 6.54 Å². The molecule has 1 aromatic carbocycles. The van der Waals surface area contributed by atoms with Crippen molar-refractivity contribution in [1.82, 2.24) is 14.7 Å². The van der Waals surface area contributed by atoms with E-state index in [1.165, 1.54) is 0 Å². The van der Waals surface area contributed by atoms with E-state index in [9.17, 15) is 4.79 Å². The number of aromatic nitrogens is 2. The number of hydrogen-bond acceptors (Lipinski definition) is 3. The fourth-order valence-electron chi connectivity index (χ4n) is 3.42. The number of carbonyl (C=O) groups is 1. The summed E-state index contributed by atoms with van der Waals surface area (Å²) in [5, 5.41) is 13.4. The monoisotopic (exact) mass is 322 g/mol. The minimum atomic E-state index is 0.0545. The normalized spacial score (nSPS) is 17.0. The molecule has 2 heterocycles. The van der Waals surface area contributed by atoms with E-state index in [0.29, 0.717) is 12.0 Å². The van der Waals surface area contributed by atoms with E-state index in [1.54, 1.807) is 0 Å². The number of hydrogen-bond donors (Lipinski definition) is 0. The molecule has 0 spiro atoms. The highest BCUT2D eigenvalue weighted by atomic mass is 16.2. The Morgan fingerprint density at radius 2 is 2.21 bits per heavy atom. The second-order valence-electron chi connectivity index (χ2n) is 6.44. The Morgan fingerprint density at radius 1 is 1.38 bits per heavy atom. The summed E-state index contributed by atoms with van der Waals surface area (Å²) in [5.74, 6) is 0.0545. The van der Waals surface area contributed by atoms with Gasteiger partial charge in [-0.1, -0.05) is 12.1 Å². The van der Waals surface area contributed by atoms with Crippen LogP contribution in [-0.2, 0) is 13.0 Å². The average Bonchev–Trinajstić information content (AvgIpc) is 3.14. The van der Waals surface area contributed by atoms with E-state index in [4.69, 9.17) is 5.26 Å². The summed E-state index contributed by atoms with van der Waals surface area (Å²) in [7, 11) is 0. The molecule has 0 aliphatic carbocycles. The second-order valence-corrected chi connectivity index (χ2v) is 6.44. The van der Waals surface area contributed by atoms with Crippen molar-refractivity contribution in [3.8, 4) is 6.07 Å². The number of carbonyl (C=O) groups excluding carboxylic acids is 1. The minimum absolute atomic E-state index is 0.0545. The summed E-state index contributed by atoms with van der Waals surface area (Å²) in [6.07, 6.45) is 2.35. The van der Waals surface area contributed by atoms with Gasteiger partial charge in [0, 0.05) is 17.8 Å². The summed E-state index contributed by atoms with van der Waals surface area (Å²) in [4.78, 5) is 14.9. The first kappa shape index (κ1) is 16.3. The molecule has 0 bridgehead atoms. The van der Waals surface area contributed by atoms with Gasteiger partial charge in [0.25, 0.3) is 5.91 Å². The maximum Gasteiger partial charge on any atom is 0.254 e. The van der Waals surface area contributed by atoms with E-state index < -0.39 is 0 Å². The van der Waals surface area contributed by atoms with Gasteiger partial charge in [0.15, 0.2) is 0 Å². The molecule has 1 aliphatic heterocycles. The molecule has 1 aromatic heterocycles. The average molecular weight is 322 g/mol. The SMILES string of the molecule is Cc1cc(C)n(CC2CCCN2C(=O)c2cccc(CC#N)c2)n1. The molecule has 1 atom stereocenters. The Labute approximate surface area is 142 Å². The molecule has 5 nitrogen and oxygen atoms in total. The van der Waals surface area contributed by atoms with E-state index >= 15 is 0 Å². The van der Waals surface area contributed by atoms with Gasteiger partial charge >= 0.3 is 0 Å². The van der Waals surface area contributed by atoms with Crippen molar-refractivity contribution in [1.29, 1.82) is 5.26 Å². The van der Waals surface area contributed by atoms with Crippen LogP contribution in [0.25, 0.3) is 0 Å². The van der Waals surface area contributed by atoms with Gasteiger partial charge in [0.1, 0.15) is 0 Å². The molecule has 1 fully saturated rings. The molecule has 3 rings (SSSR count). The Balaban J connectivity index is 1.77. The lowest BCUT2D eigenvalue weighted by molar-refractivity contribution is 0.0721. The van der Waals surface area contributed by atoms with Crippen molar-refractivity contribution < 1.29 is 4.79 Å². The van der Waals surface area contributed by atoms with Crippen molar-refractivity contribution in [3.63, 3.8) is 0 Å². The van der Waals surface area contributed by atoms with Crippen LogP contribution >= 0.6 is 0 Å². The summed E-state index contributed by atoms with van der Waals surface area (Å²) in [6, 6.07) is 11.8. The van der Waals surface area contributed by atoms with E-state index in [2.05, 4.69) is 17.2 Å². The van der Waals surface area contributed by atoms with Gasteiger partial charge in [0.05, 0.1) is 30.8 Å². The molecule has 2 aromatic rings. The third-order valence-corrected chi connectivity index (χ3v) is 4.58. The van der Waals surface area contributed by atoms with Gasteiger partial charge in [-0.25, -0.2) is 0 Å². The zero-order valence-corrected chi connectivity index (χ0v) is 14.2. The van der Waals surface area contributed by atoms with Crippen LogP contribution < -0.4 is 0 Å². The first-order valence-electron chi connectivity index (χ1n) is 8.36. The topological polar surface area (TPSA) is 61.9 Å². The molecule has 0 radical (unpaired) electrons. The van der Waals surface area contributed by atoms with Gasteiger partial charge < -0.3 is 4.90 Å². The zero-order valence-electron chi connectivity index (χ0n) is 14.2. The molecule has 24 heavy (non-hydrogen) atoms. The number of aryl methyl sites for hydroxylation is 2. The summed E-state index contributed by atoms with van der Waals surface area (Å²) < 4.78 is 2.00. The third-order valence-electron chi connectivity index (χ3n) is 4.58. The van der Waals surface area contributed by atoms with E-state index in [0.717, 1.165) is 42.9 Å². The lowest BCUT2D eigenvalue weighted by Gasteiger charge is -2.25. The Hall–Kier alpha value is -2.61. The molecule has 5 heteroatoms. The van der Waals surface area contributed by atoms with Gasteiger partial charge in [-0.2, -0.15) is 10.4 Å². The standard InChI is InChI=1S/C19H22N4O/c1-14-11-15(2)23(21-14)13-18-7-4-10-22(18)19(24)17-6-3-5-16(12-17)8-9-20/h3,5-6,11-12,18H,4,7-8,10,13H2,1-2H3. The van der Waals surface area contributed by atoms with Crippen molar-refractivity contribution in [3.05, 3.63) is 52.8 Å². The van der Waals surface area contributed by atoms with Crippen LogP contribution in [0.5, 0.6) is 0 Å². The quantitative estimate of drug-likeness (QED) is 0.869. The first-order valence-corrected chi connectivity index (χ1v) is 8.36. The predicted molar refractivity (Wildman–Crippen MR) is 91.5 cm³/mol. The summed E-state index contributed by atoms with van der Waals surface area (Å²) >= 11 is 0. The Morgan fingerprint density at radius 3 is 2.92 bits per heavy atom. The van der Waals surface area contributed by atoms with Crippen molar-refractivity contribution in [2.24, 2.45) is 0 Å². The third kappa shape index (κ3) is 3.33. The maximum atomic E-state index is 12.9. The smallest absolute Gasteiger partial charge is 0.254 e. The van der Waals surface area contributed by atoms with Crippen LogP contribution in [0.1, 0.15) is 40.2 Å². The van der Waals surface area contributed by atoms with Gasteiger partial charge in [-0.05, 0) is 50.5 Å². The predicted octanol–water partition coefficient (Wildman–Crippen LogP) is 2.87. The van der Waals surface area contributed by atoms with Crippen LogP contribution in [0.4, 0.5) is 0 Å². The molecule has 1 amide bonds. The zero-order chi connectivity index (χ0) is 17.1. The fraction of sp³-hybridized carbons (Fsp3) is 0.421. The number of likely N-dealkylation sites (tertiary alicyclic amines) is 1. The molecule has 1 unspecified atom stereocenters. The number of rotatable bonds is 4. The highest BCUT2D eigenvalue weighted by Crippen LogP contribution is 2.22. The van der Waals surface area contributed by atoms with Crippen LogP contribution in [0.3, 0.4) is 0 Å². The first-order chi connectivity index (χ1) is 11.6. The molecule has 1 saturated heterocycles. The van der Waals surface area contributed by atoms with E-state index in [1.807, 2.05) is 47.7 Å². The van der Waals surface area contributed by atoms with Gasteiger partial charge in [-0.15, -0.1) is 0 Å². The number of amides is 1. The Bertz CT molecular complexity index is 787. The molecule has 0 N–H and O–H groups in total.